The molecule has 1 atom stereocenters. The third-order valence-electron chi connectivity index (χ3n) is 3.49. The Labute approximate surface area is 119 Å². The van der Waals surface area contributed by atoms with Crippen molar-refractivity contribution in [1.29, 1.82) is 0 Å². The predicted octanol–water partition coefficient (Wildman–Crippen LogP) is 1.94. The molecule has 2 rings (SSSR count). The Morgan fingerprint density at radius 1 is 1.50 bits per heavy atom. The summed E-state index contributed by atoms with van der Waals surface area (Å²) in [5.41, 5.74) is 1.84. The van der Waals surface area contributed by atoms with Gasteiger partial charge in [0.2, 0.25) is 0 Å². The van der Waals surface area contributed by atoms with Gasteiger partial charge in [0.25, 0.3) is 0 Å². The lowest BCUT2D eigenvalue weighted by Gasteiger charge is -2.27. The van der Waals surface area contributed by atoms with Gasteiger partial charge < -0.3 is 15.7 Å². The van der Waals surface area contributed by atoms with E-state index < -0.39 is 0 Å². The van der Waals surface area contributed by atoms with E-state index in [9.17, 15) is 4.79 Å². The first-order chi connectivity index (χ1) is 9.69. The summed E-state index contributed by atoms with van der Waals surface area (Å²) >= 11 is 0. The number of aliphatic hydroxyl groups is 1. The molecule has 3 N–H and O–H groups in total. The molecule has 1 aromatic carbocycles. The Balaban J connectivity index is 1.93. The molecule has 1 aliphatic rings. The summed E-state index contributed by atoms with van der Waals surface area (Å²) in [7, 11) is 0. The Morgan fingerprint density at radius 3 is 2.95 bits per heavy atom. The van der Waals surface area contributed by atoms with Gasteiger partial charge >= 0.3 is 6.03 Å². The van der Waals surface area contributed by atoms with Crippen molar-refractivity contribution in [2.45, 2.75) is 38.3 Å². The summed E-state index contributed by atoms with van der Waals surface area (Å²) < 4.78 is 0. The fourth-order valence-electron chi connectivity index (χ4n) is 2.09. The second kappa shape index (κ2) is 6.97. The molecule has 4 nitrogen and oxygen atoms in total. The molecule has 0 bridgehead atoms. The van der Waals surface area contributed by atoms with E-state index in [2.05, 4.69) is 22.5 Å². The highest BCUT2D eigenvalue weighted by molar-refractivity contribution is 5.74. The number of rotatable bonds is 3. The van der Waals surface area contributed by atoms with Crippen molar-refractivity contribution in [3.8, 4) is 11.8 Å². The van der Waals surface area contributed by atoms with Gasteiger partial charge in [0.15, 0.2) is 0 Å². The molecule has 0 heterocycles. The van der Waals surface area contributed by atoms with E-state index in [-0.39, 0.29) is 18.7 Å². The van der Waals surface area contributed by atoms with Crippen LogP contribution in [0.1, 0.15) is 43.4 Å². The predicted molar refractivity (Wildman–Crippen MR) is 78.1 cm³/mol. The van der Waals surface area contributed by atoms with E-state index in [0.717, 1.165) is 24.0 Å². The van der Waals surface area contributed by atoms with Gasteiger partial charge in [-0.1, -0.05) is 24.0 Å². The topological polar surface area (TPSA) is 61.4 Å². The average Bonchev–Trinajstić information content (AvgIpc) is 2.41. The normalized spacial score (nSPS) is 15.5. The van der Waals surface area contributed by atoms with E-state index in [4.69, 9.17) is 5.11 Å². The van der Waals surface area contributed by atoms with Gasteiger partial charge in [0.05, 0.1) is 6.04 Å². The molecule has 1 aliphatic carbocycles. The van der Waals surface area contributed by atoms with Crippen LogP contribution in [0.2, 0.25) is 0 Å². The van der Waals surface area contributed by atoms with Crippen LogP contribution in [-0.4, -0.2) is 23.8 Å². The number of hydrogen-bond acceptors (Lipinski definition) is 2. The number of nitrogens with one attached hydrogen (secondary N) is 2. The van der Waals surface area contributed by atoms with Crippen LogP contribution in [0.4, 0.5) is 4.79 Å². The molecule has 0 saturated heterocycles. The zero-order valence-electron chi connectivity index (χ0n) is 11.6. The van der Waals surface area contributed by atoms with Crippen LogP contribution in [-0.2, 0) is 0 Å². The SMILES string of the molecule is CC(NC(=O)NC1CCC1)c1cccc(C#CCO)c1. The molecule has 4 heteroatoms. The second-order valence-corrected chi connectivity index (χ2v) is 5.05. The summed E-state index contributed by atoms with van der Waals surface area (Å²) in [5, 5.41) is 14.6. The first-order valence-electron chi connectivity index (χ1n) is 6.96. The molecule has 0 aromatic heterocycles. The Hall–Kier alpha value is -1.99. The second-order valence-electron chi connectivity index (χ2n) is 5.05. The van der Waals surface area contributed by atoms with Crippen molar-refractivity contribution >= 4 is 6.03 Å². The number of carbonyl (C=O) groups is 1. The summed E-state index contributed by atoms with van der Waals surface area (Å²) in [6.45, 7) is 1.79. The number of benzene rings is 1. The zero-order valence-corrected chi connectivity index (χ0v) is 11.6. The zero-order chi connectivity index (χ0) is 14.4. The maximum atomic E-state index is 11.8. The van der Waals surface area contributed by atoms with Gasteiger partial charge in [0.1, 0.15) is 6.61 Å². The van der Waals surface area contributed by atoms with Gasteiger partial charge in [-0.25, -0.2) is 4.79 Å². The Kier molecular flexibility index (Phi) is 5.03. The molecular formula is C16H20N2O2. The van der Waals surface area contributed by atoms with Crippen LogP contribution in [0.5, 0.6) is 0 Å². The maximum absolute atomic E-state index is 11.8. The van der Waals surface area contributed by atoms with E-state index in [1.807, 2.05) is 31.2 Å². The summed E-state index contributed by atoms with van der Waals surface area (Å²) in [6.07, 6.45) is 3.36. The average molecular weight is 272 g/mol. The van der Waals surface area contributed by atoms with E-state index >= 15 is 0 Å². The fourth-order valence-corrected chi connectivity index (χ4v) is 2.09. The third kappa shape index (κ3) is 4.01. The van der Waals surface area contributed by atoms with Crippen LogP contribution < -0.4 is 10.6 Å². The molecule has 1 unspecified atom stereocenters. The lowest BCUT2D eigenvalue weighted by molar-refractivity contribution is 0.225. The molecule has 1 saturated carbocycles. The van der Waals surface area contributed by atoms with Crippen LogP contribution in [0.3, 0.4) is 0 Å². The van der Waals surface area contributed by atoms with Gasteiger partial charge in [-0.3, -0.25) is 0 Å². The maximum Gasteiger partial charge on any atom is 0.315 e. The molecule has 0 aliphatic heterocycles. The van der Waals surface area contributed by atoms with Gasteiger partial charge in [-0.15, -0.1) is 0 Å². The number of hydrogen-bond donors (Lipinski definition) is 3. The number of aliphatic hydroxyl groups excluding tert-OH is 1. The van der Waals surface area contributed by atoms with E-state index in [1.165, 1.54) is 6.42 Å². The highest BCUT2D eigenvalue weighted by Crippen LogP contribution is 2.18. The molecule has 106 valence electrons. The Morgan fingerprint density at radius 2 is 2.30 bits per heavy atom. The molecular weight excluding hydrogens is 252 g/mol. The molecule has 20 heavy (non-hydrogen) atoms. The van der Waals surface area contributed by atoms with Crippen LogP contribution in [0.25, 0.3) is 0 Å². The van der Waals surface area contributed by atoms with Gasteiger partial charge in [-0.05, 0) is 43.9 Å². The minimum absolute atomic E-state index is 0.0778. The van der Waals surface area contributed by atoms with Crippen molar-refractivity contribution in [1.82, 2.24) is 10.6 Å². The van der Waals surface area contributed by atoms with Crippen LogP contribution in [0, 0.1) is 11.8 Å². The van der Waals surface area contributed by atoms with E-state index in [0.29, 0.717) is 6.04 Å². The first-order valence-corrected chi connectivity index (χ1v) is 6.96. The summed E-state index contributed by atoms with van der Waals surface area (Å²) in [4.78, 5) is 11.8. The molecule has 0 radical (unpaired) electrons. The molecule has 0 spiro atoms. The minimum Gasteiger partial charge on any atom is -0.384 e. The summed E-state index contributed by atoms with van der Waals surface area (Å²) in [6, 6.07) is 7.81. The van der Waals surface area contributed by atoms with Crippen LogP contribution >= 0.6 is 0 Å². The lowest BCUT2D eigenvalue weighted by Crippen LogP contribution is -2.45. The molecule has 1 aromatic rings. The van der Waals surface area contributed by atoms with Crippen molar-refractivity contribution < 1.29 is 9.90 Å². The summed E-state index contributed by atoms with van der Waals surface area (Å²) in [5.74, 6) is 5.48. The van der Waals surface area contributed by atoms with Gasteiger partial charge in [-0.2, -0.15) is 0 Å². The Bertz CT molecular complexity index is 527. The number of carbonyl (C=O) groups excluding carboxylic acids is 1. The highest BCUT2D eigenvalue weighted by Gasteiger charge is 2.20. The standard InChI is InChI=1S/C16H20N2O2/c1-12(17-16(20)18-15-8-3-9-15)14-7-2-5-13(11-14)6-4-10-19/h2,5,7,11-12,15,19H,3,8-10H2,1H3,(H2,17,18,20). The van der Waals surface area contributed by atoms with Crippen molar-refractivity contribution in [3.63, 3.8) is 0 Å². The van der Waals surface area contributed by atoms with Crippen molar-refractivity contribution in [2.75, 3.05) is 6.61 Å². The van der Waals surface area contributed by atoms with Crippen molar-refractivity contribution in [2.24, 2.45) is 0 Å². The highest BCUT2D eigenvalue weighted by atomic mass is 16.2. The fraction of sp³-hybridized carbons (Fsp3) is 0.438. The van der Waals surface area contributed by atoms with Crippen molar-refractivity contribution in [3.05, 3.63) is 35.4 Å². The van der Waals surface area contributed by atoms with Crippen LogP contribution in [0.15, 0.2) is 24.3 Å². The first kappa shape index (κ1) is 14.4. The number of urea groups is 1. The quantitative estimate of drug-likeness (QED) is 0.736. The molecule has 2 amide bonds. The minimum atomic E-state index is -0.151. The smallest absolute Gasteiger partial charge is 0.315 e. The number of amides is 2. The molecule has 1 fully saturated rings. The van der Waals surface area contributed by atoms with E-state index in [1.54, 1.807) is 0 Å². The largest absolute Gasteiger partial charge is 0.384 e. The lowest BCUT2D eigenvalue weighted by atomic mass is 9.93. The van der Waals surface area contributed by atoms with Gasteiger partial charge in [0, 0.05) is 11.6 Å². The third-order valence-corrected chi connectivity index (χ3v) is 3.49. The monoisotopic (exact) mass is 272 g/mol.